The van der Waals surface area contributed by atoms with Gasteiger partial charge in [-0.15, -0.1) is 0 Å². The van der Waals surface area contributed by atoms with E-state index in [1.807, 2.05) is 0 Å². The van der Waals surface area contributed by atoms with Gasteiger partial charge in [0, 0.05) is 18.9 Å². The Labute approximate surface area is 185 Å². The Morgan fingerprint density at radius 1 is 0.345 bits per heavy atom. The van der Waals surface area contributed by atoms with E-state index in [0.29, 0.717) is 79.3 Å². The fraction of sp³-hybridized carbons (Fsp3) is 0.545. The Kier molecular flexibility index (Phi) is 17.1. The van der Waals surface area contributed by atoms with E-state index in [4.69, 9.17) is 28.4 Å². The summed E-state index contributed by atoms with van der Waals surface area (Å²) in [6, 6.07) is 16.7. The summed E-state index contributed by atoms with van der Waals surface area (Å²) in [6.45, 7) is 7.04. The predicted octanol–water partition coefficient (Wildman–Crippen LogP) is 2.56. The van der Waals surface area contributed by atoms with Crippen LogP contribution in [-0.2, 0) is 28.4 Å². The third-order valence-electron chi connectivity index (χ3n) is 3.89. The fourth-order valence-electron chi connectivity index (χ4n) is 2.45. The molecule has 1 heterocycles. The van der Waals surface area contributed by atoms with Crippen LogP contribution in [0, 0.1) is 0 Å². The molecule has 3 rings (SSSR count). The minimum atomic E-state index is 0. The van der Waals surface area contributed by atoms with E-state index in [1.165, 1.54) is 10.8 Å². The van der Waals surface area contributed by atoms with Crippen LogP contribution in [0.15, 0.2) is 48.5 Å². The molecule has 0 spiro atoms. The zero-order valence-corrected chi connectivity index (χ0v) is 17.6. The van der Waals surface area contributed by atoms with Crippen molar-refractivity contribution in [1.29, 1.82) is 0 Å². The van der Waals surface area contributed by atoms with Gasteiger partial charge in [-0.1, -0.05) is 48.5 Å². The van der Waals surface area contributed by atoms with Crippen LogP contribution in [0.25, 0.3) is 10.8 Å². The summed E-state index contributed by atoms with van der Waals surface area (Å²) in [6.07, 6.45) is 0. The average Bonchev–Trinajstić information content (AvgIpc) is 2.74. The van der Waals surface area contributed by atoms with Crippen molar-refractivity contribution in [3.05, 3.63) is 48.5 Å². The molecule has 0 unspecified atom stereocenters. The fourth-order valence-corrected chi connectivity index (χ4v) is 2.45. The molecule has 2 aromatic carbocycles. The van der Waals surface area contributed by atoms with E-state index >= 15 is 0 Å². The first-order valence-electron chi connectivity index (χ1n) is 9.87. The molecule has 29 heavy (non-hydrogen) atoms. The second-order valence-electron chi connectivity index (χ2n) is 6.02. The van der Waals surface area contributed by atoms with Crippen LogP contribution < -0.4 is 0 Å². The van der Waals surface area contributed by atoms with Crippen molar-refractivity contribution in [2.24, 2.45) is 0 Å². The topological polar surface area (TPSA) is 55.4 Å². The van der Waals surface area contributed by atoms with E-state index in [0.717, 1.165) is 0 Å². The molecule has 1 saturated heterocycles. The normalized spacial score (nSPS) is 18.3. The Morgan fingerprint density at radius 3 is 0.690 bits per heavy atom. The number of hydrogen-bond donors (Lipinski definition) is 0. The van der Waals surface area contributed by atoms with E-state index in [1.54, 1.807) is 0 Å². The van der Waals surface area contributed by atoms with Gasteiger partial charge in [0.25, 0.3) is 0 Å². The third kappa shape index (κ3) is 13.8. The number of hydrogen-bond acceptors (Lipinski definition) is 6. The summed E-state index contributed by atoms with van der Waals surface area (Å²) in [5.74, 6) is 0. The molecule has 0 aliphatic carbocycles. The monoisotopic (exact) mass is 399 g/mol. The van der Waals surface area contributed by atoms with Crippen molar-refractivity contribution in [2.45, 2.75) is 0 Å². The van der Waals surface area contributed by atoms with Crippen LogP contribution in [0.5, 0.6) is 0 Å². The van der Waals surface area contributed by atoms with Crippen molar-refractivity contribution < 1.29 is 28.4 Å². The molecular weight excluding hydrogens is 367 g/mol. The predicted molar refractivity (Wildman–Crippen MR) is 115 cm³/mol. The second-order valence-corrected chi connectivity index (χ2v) is 6.02. The maximum atomic E-state index is 5.33. The van der Waals surface area contributed by atoms with Gasteiger partial charge in [0.2, 0.25) is 0 Å². The Morgan fingerprint density at radius 2 is 0.517 bits per heavy atom. The van der Waals surface area contributed by atoms with Crippen LogP contribution in [0.3, 0.4) is 0 Å². The molecule has 1 radical (unpaired) electrons. The van der Waals surface area contributed by atoms with Gasteiger partial charge in [0.05, 0.1) is 79.3 Å². The smallest absolute Gasteiger partial charge is 0.0701 e. The van der Waals surface area contributed by atoms with Gasteiger partial charge in [0.1, 0.15) is 0 Å². The average molecular weight is 399 g/mol. The van der Waals surface area contributed by atoms with Crippen LogP contribution in [0.1, 0.15) is 0 Å². The number of fused-ring (bicyclic) bond motifs is 1. The molecule has 0 atom stereocenters. The molecule has 0 aromatic heterocycles. The summed E-state index contributed by atoms with van der Waals surface area (Å²) in [5, 5.41) is 2.62. The SMILES string of the molecule is C1COCCOCCOCCOCCOCCO1.[Li].c1ccc2ccccc2c1. The van der Waals surface area contributed by atoms with Gasteiger partial charge in [0.15, 0.2) is 0 Å². The molecule has 0 N–H and O–H groups in total. The maximum Gasteiger partial charge on any atom is 0.0701 e. The second kappa shape index (κ2) is 19.0. The van der Waals surface area contributed by atoms with Gasteiger partial charge in [-0.25, -0.2) is 0 Å². The minimum absolute atomic E-state index is 0. The minimum Gasteiger partial charge on any atom is -0.377 e. The maximum absolute atomic E-state index is 5.33. The Bertz CT molecular complexity index is 472. The van der Waals surface area contributed by atoms with E-state index in [-0.39, 0.29) is 18.9 Å². The van der Waals surface area contributed by atoms with Crippen molar-refractivity contribution in [3.63, 3.8) is 0 Å². The molecule has 7 heteroatoms. The summed E-state index contributed by atoms with van der Waals surface area (Å²) in [7, 11) is 0. The van der Waals surface area contributed by atoms with Crippen molar-refractivity contribution in [1.82, 2.24) is 0 Å². The molecular formula is C22H32LiO6. The first-order chi connectivity index (χ1) is 14.0. The van der Waals surface area contributed by atoms with Gasteiger partial charge < -0.3 is 28.4 Å². The van der Waals surface area contributed by atoms with Crippen molar-refractivity contribution in [2.75, 3.05) is 79.3 Å². The van der Waals surface area contributed by atoms with Gasteiger partial charge >= 0.3 is 0 Å². The molecule has 6 nitrogen and oxygen atoms in total. The zero-order chi connectivity index (χ0) is 19.5. The first kappa shape index (κ1) is 26.1. The molecule has 1 aliphatic rings. The first-order valence-corrected chi connectivity index (χ1v) is 9.87. The van der Waals surface area contributed by atoms with Crippen molar-refractivity contribution >= 4 is 29.6 Å². The zero-order valence-electron chi connectivity index (χ0n) is 17.6. The van der Waals surface area contributed by atoms with E-state index in [2.05, 4.69) is 48.5 Å². The van der Waals surface area contributed by atoms with Gasteiger partial charge in [-0.05, 0) is 10.8 Å². The van der Waals surface area contributed by atoms with Gasteiger partial charge in [-0.3, -0.25) is 0 Å². The van der Waals surface area contributed by atoms with Crippen LogP contribution in [-0.4, -0.2) is 98.1 Å². The quantitative estimate of drug-likeness (QED) is 0.635. The Hall–Kier alpha value is -0.943. The summed E-state index contributed by atoms with van der Waals surface area (Å²) in [5.41, 5.74) is 0. The van der Waals surface area contributed by atoms with Crippen LogP contribution in [0.4, 0.5) is 0 Å². The molecule has 0 bridgehead atoms. The van der Waals surface area contributed by atoms with Crippen molar-refractivity contribution in [3.8, 4) is 0 Å². The molecule has 2 aromatic rings. The summed E-state index contributed by atoms with van der Waals surface area (Å²) >= 11 is 0. The van der Waals surface area contributed by atoms with E-state index in [9.17, 15) is 0 Å². The summed E-state index contributed by atoms with van der Waals surface area (Å²) in [4.78, 5) is 0. The largest absolute Gasteiger partial charge is 0.377 e. The molecule has 1 fully saturated rings. The van der Waals surface area contributed by atoms with Gasteiger partial charge in [-0.2, -0.15) is 0 Å². The van der Waals surface area contributed by atoms with Crippen LogP contribution in [0.2, 0.25) is 0 Å². The molecule has 1 aliphatic heterocycles. The number of benzene rings is 2. The third-order valence-corrected chi connectivity index (χ3v) is 3.89. The Balaban J connectivity index is 0.000000321. The molecule has 0 amide bonds. The van der Waals surface area contributed by atoms with Crippen LogP contribution >= 0.6 is 0 Å². The molecule has 157 valence electrons. The van der Waals surface area contributed by atoms with E-state index < -0.39 is 0 Å². The number of rotatable bonds is 0. The standard InChI is InChI=1S/C12H24O6.C10H8.Li/c1-2-14-5-6-16-9-10-18-12-11-17-8-7-15-4-3-13-1;1-2-6-10-8-4-3-7-9(10)5-1;/h1-12H2;1-8H;. The number of ether oxygens (including phenoxy) is 6. The summed E-state index contributed by atoms with van der Waals surface area (Å²) < 4.78 is 32.0. The molecule has 0 saturated carbocycles.